The van der Waals surface area contributed by atoms with E-state index in [1.807, 2.05) is 24.3 Å². The second-order valence-electron chi connectivity index (χ2n) is 7.77. The molecule has 4 rings (SSSR count). The molecule has 1 N–H and O–H groups in total. The first-order valence-electron chi connectivity index (χ1n) is 10.8. The van der Waals surface area contributed by atoms with Gasteiger partial charge in [-0.3, -0.25) is 9.59 Å². The van der Waals surface area contributed by atoms with Crippen molar-refractivity contribution in [1.82, 2.24) is 15.2 Å². The second kappa shape index (κ2) is 9.81. The maximum absolute atomic E-state index is 12.7. The fourth-order valence-corrected chi connectivity index (χ4v) is 4.02. The summed E-state index contributed by atoms with van der Waals surface area (Å²) < 4.78 is 21.7. The highest BCUT2D eigenvalue weighted by atomic mass is 16.5. The number of carbonyl (C=O) groups excluding carboxylic acids is 2. The van der Waals surface area contributed by atoms with Crippen molar-refractivity contribution in [1.29, 1.82) is 0 Å². The Balaban J connectivity index is 1.32. The second-order valence-corrected chi connectivity index (χ2v) is 7.77. The monoisotopic (exact) mass is 453 g/mol. The highest BCUT2D eigenvalue weighted by Crippen LogP contribution is 2.38. The van der Waals surface area contributed by atoms with E-state index in [4.69, 9.17) is 18.6 Å². The Morgan fingerprint density at radius 3 is 2.33 bits per heavy atom. The Labute approximate surface area is 191 Å². The molecular weight excluding hydrogens is 426 g/mol. The van der Waals surface area contributed by atoms with Gasteiger partial charge in [0, 0.05) is 24.6 Å². The number of nitrogens with zero attached hydrogens (tertiary/aromatic N) is 2. The molecule has 33 heavy (non-hydrogen) atoms. The molecular formula is C24H27N3O6. The predicted octanol–water partition coefficient (Wildman–Crippen LogP) is 2.99. The largest absolute Gasteiger partial charge is 0.493 e. The third-order valence-electron chi connectivity index (χ3n) is 5.83. The van der Waals surface area contributed by atoms with Gasteiger partial charge in [0.2, 0.25) is 11.7 Å². The van der Waals surface area contributed by atoms with Gasteiger partial charge in [-0.2, -0.15) is 0 Å². The molecule has 0 atom stereocenters. The number of oxazole rings is 1. The maximum atomic E-state index is 12.7. The molecule has 1 fully saturated rings. The fourth-order valence-electron chi connectivity index (χ4n) is 4.02. The molecule has 3 aromatic rings. The van der Waals surface area contributed by atoms with Crippen LogP contribution in [-0.2, 0) is 4.79 Å². The zero-order valence-corrected chi connectivity index (χ0v) is 18.9. The van der Waals surface area contributed by atoms with Crippen LogP contribution in [0.5, 0.6) is 17.2 Å². The number of rotatable bonds is 7. The molecule has 0 aliphatic carbocycles. The lowest BCUT2D eigenvalue weighted by molar-refractivity contribution is -0.131. The minimum absolute atomic E-state index is 0.0942. The van der Waals surface area contributed by atoms with Crippen LogP contribution in [0.15, 0.2) is 40.8 Å². The van der Waals surface area contributed by atoms with Gasteiger partial charge in [-0.25, -0.2) is 4.98 Å². The smallest absolute Gasteiger partial charge is 0.251 e. The third-order valence-corrected chi connectivity index (χ3v) is 5.83. The van der Waals surface area contributed by atoms with Gasteiger partial charge in [0.1, 0.15) is 5.52 Å². The van der Waals surface area contributed by atoms with Crippen molar-refractivity contribution in [2.24, 2.45) is 0 Å². The Hall–Kier alpha value is -3.75. The highest BCUT2D eigenvalue weighted by Gasteiger charge is 2.27. The Morgan fingerprint density at radius 1 is 1.06 bits per heavy atom. The number of ether oxygens (including phenoxy) is 3. The molecule has 0 spiro atoms. The number of hydrogen-bond donors (Lipinski definition) is 1. The Morgan fingerprint density at radius 2 is 1.73 bits per heavy atom. The van der Waals surface area contributed by atoms with Crippen LogP contribution in [0.4, 0.5) is 0 Å². The van der Waals surface area contributed by atoms with Crippen molar-refractivity contribution in [2.45, 2.75) is 18.8 Å². The summed E-state index contributed by atoms with van der Waals surface area (Å²) >= 11 is 0. The number of nitrogens with one attached hydrogen (secondary N) is 1. The first-order chi connectivity index (χ1) is 16.0. The molecule has 0 bridgehead atoms. The SMILES string of the molecule is COc1cc(C(=O)NCC(=O)N2CCC(c3nc4ccccc4o3)CC2)cc(OC)c1OC. The molecule has 1 saturated heterocycles. The molecule has 2 amide bonds. The van der Waals surface area contributed by atoms with Gasteiger partial charge in [0.25, 0.3) is 5.91 Å². The molecule has 9 nitrogen and oxygen atoms in total. The van der Waals surface area contributed by atoms with Gasteiger partial charge in [-0.1, -0.05) is 12.1 Å². The zero-order chi connectivity index (χ0) is 23.4. The van der Waals surface area contributed by atoms with E-state index in [9.17, 15) is 9.59 Å². The lowest BCUT2D eigenvalue weighted by Gasteiger charge is -2.30. The van der Waals surface area contributed by atoms with Crippen LogP contribution in [0, 0.1) is 0 Å². The first kappa shape index (κ1) is 22.4. The van der Waals surface area contributed by atoms with Gasteiger partial charge < -0.3 is 28.8 Å². The summed E-state index contributed by atoms with van der Waals surface area (Å²) in [6.07, 6.45) is 1.53. The third kappa shape index (κ3) is 4.72. The van der Waals surface area contributed by atoms with E-state index in [0.29, 0.717) is 35.9 Å². The topological polar surface area (TPSA) is 103 Å². The van der Waals surface area contributed by atoms with Crippen LogP contribution < -0.4 is 19.5 Å². The number of methoxy groups -OCH3 is 3. The van der Waals surface area contributed by atoms with Crippen LogP contribution >= 0.6 is 0 Å². The molecule has 0 radical (unpaired) electrons. The van der Waals surface area contributed by atoms with E-state index in [1.165, 1.54) is 21.3 Å². The number of amides is 2. The highest BCUT2D eigenvalue weighted by molar-refractivity contribution is 5.97. The molecule has 1 aliphatic rings. The molecule has 174 valence electrons. The minimum Gasteiger partial charge on any atom is -0.493 e. The standard InChI is InChI=1S/C24H27N3O6/c1-30-19-12-16(13-20(31-2)22(19)32-3)23(29)25-14-21(28)27-10-8-15(9-11-27)24-26-17-6-4-5-7-18(17)33-24/h4-7,12-13,15H,8-11,14H2,1-3H3,(H,25,29). The average Bonchev–Trinajstić information content (AvgIpc) is 3.30. The Kier molecular flexibility index (Phi) is 6.67. The van der Waals surface area contributed by atoms with Gasteiger partial charge in [0.05, 0.1) is 27.9 Å². The summed E-state index contributed by atoms with van der Waals surface area (Å²) in [4.78, 5) is 31.6. The maximum Gasteiger partial charge on any atom is 0.251 e. The lowest BCUT2D eigenvalue weighted by atomic mass is 9.97. The summed E-state index contributed by atoms with van der Waals surface area (Å²) in [7, 11) is 4.45. The molecule has 0 unspecified atom stereocenters. The van der Waals surface area contributed by atoms with E-state index < -0.39 is 5.91 Å². The number of aromatic nitrogens is 1. The van der Waals surface area contributed by atoms with Crippen LogP contribution in [-0.4, -0.2) is 62.7 Å². The van der Waals surface area contributed by atoms with Gasteiger partial charge in [0.15, 0.2) is 23.0 Å². The van der Waals surface area contributed by atoms with Gasteiger partial charge >= 0.3 is 0 Å². The predicted molar refractivity (Wildman–Crippen MR) is 121 cm³/mol. The Bertz CT molecular complexity index is 1090. The molecule has 9 heteroatoms. The number of likely N-dealkylation sites (tertiary alicyclic amines) is 1. The number of para-hydroxylation sites is 2. The van der Waals surface area contributed by atoms with Crippen LogP contribution in [0.1, 0.15) is 35.0 Å². The number of piperidine rings is 1. The summed E-state index contributed by atoms with van der Waals surface area (Å²) in [6.45, 7) is 1.08. The minimum atomic E-state index is -0.399. The normalized spacial score (nSPS) is 14.2. The summed E-state index contributed by atoms with van der Waals surface area (Å²) in [6, 6.07) is 10.8. The van der Waals surface area contributed by atoms with Crippen molar-refractivity contribution in [3.8, 4) is 17.2 Å². The van der Waals surface area contributed by atoms with Crippen molar-refractivity contribution in [2.75, 3.05) is 41.0 Å². The zero-order valence-electron chi connectivity index (χ0n) is 18.9. The number of fused-ring (bicyclic) bond motifs is 1. The molecule has 1 aromatic heterocycles. The van der Waals surface area contributed by atoms with Crippen molar-refractivity contribution in [3.05, 3.63) is 47.9 Å². The van der Waals surface area contributed by atoms with Crippen LogP contribution in [0.2, 0.25) is 0 Å². The number of benzene rings is 2. The van der Waals surface area contributed by atoms with Crippen molar-refractivity contribution >= 4 is 22.9 Å². The summed E-state index contributed by atoms with van der Waals surface area (Å²) in [5, 5.41) is 2.68. The average molecular weight is 453 g/mol. The molecule has 2 heterocycles. The van der Waals surface area contributed by atoms with E-state index >= 15 is 0 Å². The molecule has 0 saturated carbocycles. The molecule has 1 aliphatic heterocycles. The van der Waals surface area contributed by atoms with E-state index in [-0.39, 0.29) is 18.4 Å². The van der Waals surface area contributed by atoms with Gasteiger partial charge in [-0.05, 0) is 37.1 Å². The van der Waals surface area contributed by atoms with E-state index in [0.717, 1.165) is 29.8 Å². The summed E-state index contributed by atoms with van der Waals surface area (Å²) in [5.74, 6) is 1.50. The number of hydrogen-bond acceptors (Lipinski definition) is 7. The molecule has 2 aromatic carbocycles. The van der Waals surface area contributed by atoms with Crippen molar-refractivity contribution < 1.29 is 28.2 Å². The van der Waals surface area contributed by atoms with Crippen LogP contribution in [0.25, 0.3) is 11.1 Å². The van der Waals surface area contributed by atoms with E-state index in [2.05, 4.69) is 10.3 Å². The quantitative estimate of drug-likeness (QED) is 0.587. The van der Waals surface area contributed by atoms with Crippen molar-refractivity contribution in [3.63, 3.8) is 0 Å². The number of carbonyl (C=O) groups is 2. The van der Waals surface area contributed by atoms with E-state index in [1.54, 1.807) is 17.0 Å². The lowest BCUT2D eigenvalue weighted by Crippen LogP contribution is -2.43. The van der Waals surface area contributed by atoms with Crippen LogP contribution in [0.3, 0.4) is 0 Å². The summed E-state index contributed by atoms with van der Waals surface area (Å²) in [5.41, 5.74) is 1.94. The first-order valence-corrected chi connectivity index (χ1v) is 10.8. The fraction of sp³-hybridized carbons (Fsp3) is 0.375. The van der Waals surface area contributed by atoms with Gasteiger partial charge in [-0.15, -0.1) is 0 Å².